The third kappa shape index (κ3) is 3.03. The predicted octanol–water partition coefficient (Wildman–Crippen LogP) is 1.87. The van der Waals surface area contributed by atoms with E-state index in [0.717, 1.165) is 22.4 Å². The van der Waals surface area contributed by atoms with Gasteiger partial charge in [0.25, 0.3) is 0 Å². The Kier molecular flexibility index (Phi) is 4.48. The van der Waals surface area contributed by atoms with E-state index in [2.05, 4.69) is 6.07 Å². The van der Waals surface area contributed by atoms with Crippen molar-refractivity contribution in [3.05, 3.63) is 58.7 Å². The first-order valence-corrected chi connectivity index (χ1v) is 6.64. The Hall–Kier alpha value is -1.78. The highest BCUT2D eigenvalue weighted by molar-refractivity contribution is 6.59. The van der Waals surface area contributed by atoms with Crippen LogP contribution in [0.5, 0.6) is 5.75 Å². The predicted molar refractivity (Wildman–Crippen MR) is 81.3 cm³/mol. The molecule has 2 N–H and O–H groups in total. The SMILES string of the molecule is Cc1ccc(C)c(OCc2ccccc2B(O)O)c1C. The van der Waals surface area contributed by atoms with E-state index in [-0.39, 0.29) is 0 Å². The van der Waals surface area contributed by atoms with Gasteiger partial charge in [-0.15, -0.1) is 0 Å². The van der Waals surface area contributed by atoms with Crippen LogP contribution >= 0.6 is 0 Å². The fraction of sp³-hybridized carbons (Fsp3) is 0.250. The number of aryl methyl sites for hydroxylation is 2. The molecular formula is C16H19BO3. The standard InChI is InChI=1S/C16H19BO3/c1-11-8-9-12(2)16(13(11)3)20-10-14-6-4-5-7-15(14)17(18)19/h4-9,18-19H,10H2,1-3H3. The Bertz CT molecular complexity index is 609. The van der Waals surface area contributed by atoms with Crippen molar-refractivity contribution in [2.75, 3.05) is 0 Å². The molecule has 0 saturated carbocycles. The lowest BCUT2D eigenvalue weighted by Crippen LogP contribution is -2.33. The second-order valence-corrected chi connectivity index (χ2v) is 5.01. The van der Waals surface area contributed by atoms with Crippen molar-refractivity contribution < 1.29 is 14.8 Å². The van der Waals surface area contributed by atoms with Gasteiger partial charge in [0, 0.05) is 0 Å². The molecule has 0 aliphatic carbocycles. The summed E-state index contributed by atoms with van der Waals surface area (Å²) in [5.74, 6) is 0.868. The van der Waals surface area contributed by atoms with E-state index in [1.807, 2.05) is 39.0 Å². The molecule has 0 bridgehead atoms. The number of rotatable bonds is 4. The van der Waals surface area contributed by atoms with Gasteiger partial charge in [-0.2, -0.15) is 0 Å². The summed E-state index contributed by atoms with van der Waals surface area (Å²) in [5.41, 5.74) is 4.64. The summed E-state index contributed by atoms with van der Waals surface area (Å²) in [6.07, 6.45) is 0. The summed E-state index contributed by atoms with van der Waals surface area (Å²) in [6.45, 7) is 6.41. The monoisotopic (exact) mass is 270 g/mol. The van der Waals surface area contributed by atoms with E-state index in [1.165, 1.54) is 5.56 Å². The maximum Gasteiger partial charge on any atom is 0.488 e. The Morgan fingerprint density at radius 3 is 2.30 bits per heavy atom. The minimum Gasteiger partial charge on any atom is -0.488 e. The number of hydrogen-bond acceptors (Lipinski definition) is 3. The van der Waals surface area contributed by atoms with Gasteiger partial charge in [-0.3, -0.25) is 0 Å². The van der Waals surface area contributed by atoms with Gasteiger partial charge in [0.05, 0.1) is 0 Å². The van der Waals surface area contributed by atoms with Crippen molar-refractivity contribution in [1.29, 1.82) is 0 Å². The summed E-state index contributed by atoms with van der Waals surface area (Å²) < 4.78 is 5.90. The van der Waals surface area contributed by atoms with Gasteiger partial charge in [0.1, 0.15) is 12.4 Å². The first-order chi connectivity index (χ1) is 9.50. The van der Waals surface area contributed by atoms with Gasteiger partial charge in [-0.05, 0) is 48.5 Å². The Labute approximate surface area is 120 Å². The van der Waals surface area contributed by atoms with Crippen LogP contribution in [0.4, 0.5) is 0 Å². The number of hydrogen-bond donors (Lipinski definition) is 2. The molecule has 104 valence electrons. The topological polar surface area (TPSA) is 49.7 Å². The van der Waals surface area contributed by atoms with Crippen LogP contribution < -0.4 is 10.2 Å². The highest BCUT2D eigenvalue weighted by atomic mass is 16.5. The third-order valence-corrected chi connectivity index (χ3v) is 3.58. The smallest absolute Gasteiger partial charge is 0.488 e. The zero-order chi connectivity index (χ0) is 14.7. The van der Waals surface area contributed by atoms with Crippen molar-refractivity contribution in [3.63, 3.8) is 0 Å². The van der Waals surface area contributed by atoms with Gasteiger partial charge < -0.3 is 14.8 Å². The van der Waals surface area contributed by atoms with Crippen molar-refractivity contribution in [3.8, 4) is 5.75 Å². The van der Waals surface area contributed by atoms with Crippen LogP contribution in [-0.4, -0.2) is 17.2 Å². The second-order valence-electron chi connectivity index (χ2n) is 5.01. The Morgan fingerprint density at radius 2 is 1.60 bits per heavy atom. The lowest BCUT2D eigenvalue weighted by atomic mass is 9.77. The van der Waals surface area contributed by atoms with E-state index >= 15 is 0 Å². The zero-order valence-electron chi connectivity index (χ0n) is 12.1. The summed E-state index contributed by atoms with van der Waals surface area (Å²) in [4.78, 5) is 0. The molecule has 3 nitrogen and oxygen atoms in total. The average molecular weight is 270 g/mol. The van der Waals surface area contributed by atoms with Crippen LogP contribution in [0.3, 0.4) is 0 Å². The molecule has 2 rings (SSSR count). The molecule has 2 aromatic carbocycles. The Morgan fingerprint density at radius 1 is 0.950 bits per heavy atom. The normalized spacial score (nSPS) is 10.4. The average Bonchev–Trinajstić information content (AvgIpc) is 2.43. The van der Waals surface area contributed by atoms with E-state index in [4.69, 9.17) is 4.74 Å². The van der Waals surface area contributed by atoms with Gasteiger partial charge in [-0.1, -0.05) is 36.4 Å². The lowest BCUT2D eigenvalue weighted by molar-refractivity contribution is 0.302. The van der Waals surface area contributed by atoms with E-state index in [9.17, 15) is 10.0 Å². The van der Waals surface area contributed by atoms with E-state index in [1.54, 1.807) is 12.1 Å². The number of benzene rings is 2. The fourth-order valence-electron chi connectivity index (χ4n) is 2.22. The quantitative estimate of drug-likeness (QED) is 0.834. The third-order valence-electron chi connectivity index (χ3n) is 3.58. The van der Waals surface area contributed by atoms with Crippen LogP contribution in [0.25, 0.3) is 0 Å². The van der Waals surface area contributed by atoms with Gasteiger partial charge in [-0.25, -0.2) is 0 Å². The van der Waals surface area contributed by atoms with Gasteiger partial charge in [0.15, 0.2) is 0 Å². The fourth-order valence-corrected chi connectivity index (χ4v) is 2.22. The van der Waals surface area contributed by atoms with Crippen molar-refractivity contribution in [2.45, 2.75) is 27.4 Å². The summed E-state index contributed by atoms with van der Waals surface area (Å²) in [6, 6.07) is 11.3. The molecule has 0 aliphatic heterocycles. The molecule has 0 amide bonds. The minimum absolute atomic E-state index is 0.318. The molecule has 0 atom stereocenters. The first kappa shape index (κ1) is 14.6. The van der Waals surface area contributed by atoms with Crippen LogP contribution in [-0.2, 0) is 6.61 Å². The van der Waals surface area contributed by atoms with Crippen molar-refractivity contribution in [1.82, 2.24) is 0 Å². The highest BCUT2D eigenvalue weighted by Crippen LogP contribution is 2.26. The van der Waals surface area contributed by atoms with Crippen molar-refractivity contribution in [2.24, 2.45) is 0 Å². The molecule has 0 saturated heterocycles. The largest absolute Gasteiger partial charge is 0.488 e. The van der Waals surface area contributed by atoms with Crippen LogP contribution in [0.1, 0.15) is 22.3 Å². The summed E-state index contributed by atoms with van der Waals surface area (Å²) in [5, 5.41) is 18.7. The number of ether oxygens (including phenoxy) is 1. The molecule has 0 aliphatic rings. The maximum atomic E-state index is 9.36. The molecular weight excluding hydrogens is 251 g/mol. The zero-order valence-corrected chi connectivity index (χ0v) is 12.1. The molecule has 0 radical (unpaired) electrons. The molecule has 0 aromatic heterocycles. The molecule has 20 heavy (non-hydrogen) atoms. The molecule has 0 unspecified atom stereocenters. The first-order valence-electron chi connectivity index (χ1n) is 6.64. The molecule has 2 aromatic rings. The minimum atomic E-state index is -1.48. The summed E-state index contributed by atoms with van der Waals surface area (Å²) >= 11 is 0. The lowest BCUT2D eigenvalue weighted by Gasteiger charge is -2.15. The van der Waals surface area contributed by atoms with Gasteiger partial charge in [0.2, 0.25) is 0 Å². The second kappa shape index (κ2) is 6.12. The highest BCUT2D eigenvalue weighted by Gasteiger charge is 2.16. The van der Waals surface area contributed by atoms with Crippen LogP contribution in [0.15, 0.2) is 36.4 Å². The molecule has 0 heterocycles. The molecule has 0 spiro atoms. The van der Waals surface area contributed by atoms with E-state index < -0.39 is 7.12 Å². The van der Waals surface area contributed by atoms with Gasteiger partial charge >= 0.3 is 7.12 Å². The van der Waals surface area contributed by atoms with Crippen LogP contribution in [0.2, 0.25) is 0 Å². The van der Waals surface area contributed by atoms with Crippen LogP contribution in [0, 0.1) is 20.8 Å². The van der Waals surface area contributed by atoms with Crippen molar-refractivity contribution >= 4 is 12.6 Å². The summed E-state index contributed by atoms with van der Waals surface area (Å²) in [7, 11) is -1.48. The maximum absolute atomic E-state index is 9.36. The molecule has 0 fully saturated rings. The Balaban J connectivity index is 2.24. The molecule has 4 heteroatoms. The van der Waals surface area contributed by atoms with E-state index in [0.29, 0.717) is 12.1 Å².